The van der Waals surface area contributed by atoms with Crippen LogP contribution in [0.3, 0.4) is 0 Å². The number of benzene rings is 1. The summed E-state index contributed by atoms with van der Waals surface area (Å²) in [5, 5.41) is 2.61. The van der Waals surface area contributed by atoms with Crippen LogP contribution in [-0.4, -0.2) is 10.9 Å². The van der Waals surface area contributed by atoms with E-state index in [1.54, 1.807) is 13.0 Å². The van der Waals surface area contributed by atoms with E-state index in [9.17, 15) is 9.18 Å². The van der Waals surface area contributed by atoms with Crippen molar-refractivity contribution in [2.24, 2.45) is 5.84 Å². The molecule has 5 nitrogen and oxygen atoms in total. The van der Waals surface area contributed by atoms with Gasteiger partial charge in [-0.1, -0.05) is 0 Å². The predicted molar refractivity (Wildman–Crippen MR) is 71.1 cm³/mol. The van der Waals surface area contributed by atoms with E-state index in [1.807, 2.05) is 0 Å². The number of nitrogens with two attached hydrogens (primary N) is 1. The first kappa shape index (κ1) is 13.0. The van der Waals surface area contributed by atoms with Crippen molar-refractivity contribution in [1.29, 1.82) is 0 Å². The molecule has 0 aliphatic rings. The molecule has 0 aliphatic carbocycles. The van der Waals surface area contributed by atoms with Gasteiger partial charge in [-0.25, -0.2) is 4.39 Å². The second-order valence-electron chi connectivity index (χ2n) is 4.04. The molecule has 0 atom stereocenters. The van der Waals surface area contributed by atoms with E-state index in [0.717, 1.165) is 5.56 Å². The van der Waals surface area contributed by atoms with Gasteiger partial charge in [-0.15, -0.1) is 0 Å². The molecule has 0 saturated carbocycles. The largest absolute Gasteiger partial charge is 0.322 e. The van der Waals surface area contributed by atoms with E-state index < -0.39 is 5.82 Å². The highest BCUT2D eigenvalue weighted by Crippen LogP contribution is 2.17. The average Bonchev–Trinajstić information content (AvgIpc) is 2.37. The molecule has 2 aromatic rings. The zero-order valence-corrected chi connectivity index (χ0v) is 10.3. The number of nitrogens with zero attached hydrogens (tertiary/aromatic N) is 1. The fourth-order valence-electron chi connectivity index (χ4n) is 1.71. The van der Waals surface area contributed by atoms with Crippen LogP contribution in [0.5, 0.6) is 0 Å². The van der Waals surface area contributed by atoms with Crippen LogP contribution in [-0.2, 0) is 0 Å². The van der Waals surface area contributed by atoms with Crippen molar-refractivity contribution < 1.29 is 9.18 Å². The first-order valence-corrected chi connectivity index (χ1v) is 5.59. The van der Waals surface area contributed by atoms with Crippen molar-refractivity contribution in [2.75, 3.05) is 10.7 Å². The summed E-state index contributed by atoms with van der Waals surface area (Å²) in [6, 6.07) is 5.84. The molecule has 4 N–H and O–H groups in total. The number of aryl methyl sites for hydroxylation is 1. The van der Waals surface area contributed by atoms with Crippen LogP contribution in [0.2, 0.25) is 0 Å². The molecule has 0 unspecified atom stereocenters. The Kier molecular flexibility index (Phi) is 3.72. The Labute approximate surface area is 109 Å². The highest BCUT2D eigenvalue weighted by Gasteiger charge is 2.11. The van der Waals surface area contributed by atoms with E-state index in [0.29, 0.717) is 16.9 Å². The van der Waals surface area contributed by atoms with Gasteiger partial charge in [-0.05, 0) is 36.8 Å². The molecule has 1 aromatic carbocycles. The summed E-state index contributed by atoms with van der Waals surface area (Å²) >= 11 is 0. The van der Waals surface area contributed by atoms with Gasteiger partial charge in [0, 0.05) is 11.9 Å². The average molecular weight is 260 g/mol. The van der Waals surface area contributed by atoms with Crippen LogP contribution in [0.15, 0.2) is 36.7 Å². The number of aromatic nitrogens is 1. The fourth-order valence-corrected chi connectivity index (χ4v) is 1.71. The van der Waals surface area contributed by atoms with Gasteiger partial charge in [0.1, 0.15) is 5.82 Å². The first-order chi connectivity index (χ1) is 9.10. The van der Waals surface area contributed by atoms with Gasteiger partial charge in [0.25, 0.3) is 5.91 Å². The van der Waals surface area contributed by atoms with E-state index >= 15 is 0 Å². The zero-order chi connectivity index (χ0) is 13.8. The van der Waals surface area contributed by atoms with Crippen molar-refractivity contribution in [1.82, 2.24) is 4.98 Å². The highest BCUT2D eigenvalue weighted by atomic mass is 19.1. The minimum absolute atomic E-state index is 0.333. The first-order valence-electron chi connectivity index (χ1n) is 5.59. The van der Waals surface area contributed by atoms with Crippen LogP contribution >= 0.6 is 0 Å². The number of rotatable bonds is 3. The van der Waals surface area contributed by atoms with Gasteiger partial charge in [-0.3, -0.25) is 15.6 Å². The molecule has 0 saturated heterocycles. The van der Waals surface area contributed by atoms with Crippen molar-refractivity contribution in [3.05, 3.63) is 53.6 Å². The SMILES string of the molecule is Cc1cc(F)cc(NC(=O)c2ccncc2NN)c1. The van der Waals surface area contributed by atoms with Crippen molar-refractivity contribution in [2.45, 2.75) is 6.92 Å². The number of carbonyl (C=O) groups is 1. The third-order valence-corrected chi connectivity index (χ3v) is 2.52. The van der Waals surface area contributed by atoms with Crippen LogP contribution < -0.4 is 16.6 Å². The van der Waals surface area contributed by atoms with Gasteiger partial charge < -0.3 is 10.7 Å². The van der Waals surface area contributed by atoms with E-state index in [2.05, 4.69) is 15.7 Å². The van der Waals surface area contributed by atoms with E-state index in [-0.39, 0.29) is 5.91 Å². The lowest BCUT2D eigenvalue weighted by molar-refractivity contribution is 0.102. The zero-order valence-electron chi connectivity index (χ0n) is 10.3. The van der Waals surface area contributed by atoms with Gasteiger partial charge in [0.2, 0.25) is 0 Å². The quantitative estimate of drug-likeness (QED) is 0.583. The molecule has 1 heterocycles. The maximum absolute atomic E-state index is 13.2. The Morgan fingerprint density at radius 2 is 2.16 bits per heavy atom. The summed E-state index contributed by atoms with van der Waals surface area (Å²) in [5.41, 5.74) is 4.23. The minimum Gasteiger partial charge on any atom is -0.322 e. The molecular formula is C13H13FN4O. The third kappa shape index (κ3) is 3.05. The Balaban J connectivity index is 2.25. The Morgan fingerprint density at radius 1 is 1.37 bits per heavy atom. The number of nitrogens with one attached hydrogen (secondary N) is 2. The number of pyridine rings is 1. The maximum atomic E-state index is 13.2. The minimum atomic E-state index is -0.401. The van der Waals surface area contributed by atoms with Crippen molar-refractivity contribution in [3.8, 4) is 0 Å². The molecule has 0 spiro atoms. The molecular weight excluding hydrogens is 247 g/mol. The molecule has 0 fully saturated rings. The topological polar surface area (TPSA) is 80.0 Å². The molecule has 0 radical (unpaired) electrons. The summed E-state index contributed by atoms with van der Waals surface area (Å²) in [6.07, 6.45) is 2.91. The molecule has 6 heteroatoms. The summed E-state index contributed by atoms with van der Waals surface area (Å²) in [6.45, 7) is 1.75. The number of carbonyl (C=O) groups excluding carboxylic acids is 1. The fraction of sp³-hybridized carbons (Fsp3) is 0.0769. The second kappa shape index (κ2) is 5.45. The van der Waals surface area contributed by atoms with Crippen LogP contribution in [0.4, 0.5) is 15.8 Å². The number of hydrogen-bond donors (Lipinski definition) is 3. The van der Waals surface area contributed by atoms with E-state index in [1.165, 1.54) is 30.6 Å². The normalized spacial score (nSPS) is 10.1. The standard InChI is InChI=1S/C13H13FN4O/c1-8-4-9(14)6-10(5-8)17-13(19)11-2-3-16-7-12(11)18-15/h2-7,18H,15H2,1H3,(H,17,19). The summed E-state index contributed by atoms with van der Waals surface area (Å²) in [7, 11) is 0. The molecule has 19 heavy (non-hydrogen) atoms. The van der Waals surface area contributed by atoms with Gasteiger partial charge >= 0.3 is 0 Å². The molecule has 1 aromatic heterocycles. The monoisotopic (exact) mass is 260 g/mol. The van der Waals surface area contributed by atoms with Gasteiger partial charge in [0.15, 0.2) is 0 Å². The van der Waals surface area contributed by atoms with Crippen molar-refractivity contribution in [3.63, 3.8) is 0 Å². The molecule has 0 bridgehead atoms. The number of anilines is 2. The molecule has 98 valence electrons. The number of hydrogen-bond acceptors (Lipinski definition) is 4. The lowest BCUT2D eigenvalue weighted by Gasteiger charge is -2.09. The Bertz CT molecular complexity index is 595. The Morgan fingerprint density at radius 3 is 2.84 bits per heavy atom. The van der Waals surface area contributed by atoms with E-state index in [4.69, 9.17) is 5.84 Å². The molecule has 1 amide bonds. The molecule has 0 aliphatic heterocycles. The van der Waals surface area contributed by atoms with Crippen molar-refractivity contribution >= 4 is 17.3 Å². The number of halogens is 1. The maximum Gasteiger partial charge on any atom is 0.257 e. The van der Waals surface area contributed by atoms with Crippen LogP contribution in [0, 0.1) is 12.7 Å². The van der Waals surface area contributed by atoms with Crippen LogP contribution in [0.25, 0.3) is 0 Å². The predicted octanol–water partition coefficient (Wildman–Crippen LogP) is 2.07. The van der Waals surface area contributed by atoms with Gasteiger partial charge in [0.05, 0.1) is 17.4 Å². The third-order valence-electron chi connectivity index (χ3n) is 2.52. The summed E-state index contributed by atoms with van der Waals surface area (Å²) in [5.74, 6) is 4.51. The lowest BCUT2D eigenvalue weighted by atomic mass is 10.2. The summed E-state index contributed by atoms with van der Waals surface area (Å²) < 4.78 is 13.2. The summed E-state index contributed by atoms with van der Waals surface area (Å²) in [4.78, 5) is 15.9. The lowest BCUT2D eigenvalue weighted by Crippen LogP contribution is -2.17. The Hall–Kier alpha value is -2.47. The number of amides is 1. The number of hydrazine groups is 1. The number of nitrogen functional groups attached to an aromatic ring is 1. The smallest absolute Gasteiger partial charge is 0.257 e. The van der Waals surface area contributed by atoms with Gasteiger partial charge in [-0.2, -0.15) is 0 Å². The second-order valence-corrected chi connectivity index (χ2v) is 4.04. The van der Waals surface area contributed by atoms with Crippen LogP contribution in [0.1, 0.15) is 15.9 Å². The molecule has 2 rings (SSSR count). The highest BCUT2D eigenvalue weighted by molar-refractivity contribution is 6.07.